The van der Waals surface area contributed by atoms with Gasteiger partial charge in [-0.25, -0.2) is 14.1 Å². The van der Waals surface area contributed by atoms with Gasteiger partial charge in [-0.2, -0.15) is 5.10 Å². The Morgan fingerprint density at radius 1 is 1.15 bits per heavy atom. The van der Waals surface area contributed by atoms with Gasteiger partial charge in [-0.3, -0.25) is 4.99 Å². The van der Waals surface area contributed by atoms with E-state index in [9.17, 15) is 4.39 Å². The largest absolute Gasteiger partial charge is 0.356 e. The first-order valence-electron chi connectivity index (χ1n) is 8.79. The first-order valence-corrected chi connectivity index (χ1v) is 8.79. The molecule has 7 heteroatoms. The lowest BCUT2D eigenvalue weighted by molar-refractivity contribution is 0.625. The highest BCUT2D eigenvalue weighted by Gasteiger charge is 2.03. The molecule has 0 aliphatic carbocycles. The molecule has 0 aliphatic rings. The molecule has 27 heavy (non-hydrogen) atoms. The topological polar surface area (TPSA) is 67.1 Å². The van der Waals surface area contributed by atoms with Crippen LogP contribution in [0.2, 0.25) is 0 Å². The maximum atomic E-state index is 13.2. The van der Waals surface area contributed by atoms with Gasteiger partial charge in [0.15, 0.2) is 5.96 Å². The molecule has 0 amide bonds. The molecule has 0 fully saturated rings. The monoisotopic (exact) mass is 366 g/mol. The molecule has 2 aromatic carbocycles. The molecule has 3 aromatic rings. The van der Waals surface area contributed by atoms with E-state index in [0.717, 1.165) is 41.3 Å². The molecule has 0 radical (unpaired) electrons. The van der Waals surface area contributed by atoms with Crippen LogP contribution in [0.3, 0.4) is 0 Å². The second-order valence-corrected chi connectivity index (χ2v) is 6.18. The highest BCUT2D eigenvalue weighted by atomic mass is 19.1. The summed E-state index contributed by atoms with van der Waals surface area (Å²) in [5, 5.41) is 10.7. The van der Waals surface area contributed by atoms with Gasteiger partial charge >= 0.3 is 0 Å². The van der Waals surface area contributed by atoms with E-state index in [2.05, 4.69) is 25.7 Å². The first kappa shape index (κ1) is 18.6. The number of nitrogens with zero attached hydrogens (tertiary/aromatic N) is 4. The summed E-state index contributed by atoms with van der Waals surface area (Å²) in [6, 6.07) is 13.0. The minimum Gasteiger partial charge on any atom is -0.356 e. The third kappa shape index (κ3) is 5.13. The fourth-order valence-electron chi connectivity index (χ4n) is 2.77. The number of aromatic nitrogens is 3. The molecule has 0 bridgehead atoms. The summed E-state index contributed by atoms with van der Waals surface area (Å²) in [6.07, 6.45) is 3.99. The zero-order valence-corrected chi connectivity index (χ0v) is 15.5. The summed E-state index contributed by atoms with van der Waals surface area (Å²) >= 11 is 0. The SMILES string of the molecule is CN=C(NCCc1ccc(F)cc1C)NCc1ccc(-n2cncn2)cc1. The fourth-order valence-corrected chi connectivity index (χ4v) is 2.77. The number of hydrogen-bond donors (Lipinski definition) is 2. The lowest BCUT2D eigenvalue weighted by atomic mass is 10.1. The quantitative estimate of drug-likeness (QED) is 0.520. The predicted octanol–water partition coefficient (Wildman–Crippen LogP) is 2.62. The molecule has 0 spiro atoms. The van der Waals surface area contributed by atoms with Gasteiger partial charge in [0, 0.05) is 20.1 Å². The molecule has 2 N–H and O–H groups in total. The second-order valence-electron chi connectivity index (χ2n) is 6.18. The summed E-state index contributed by atoms with van der Waals surface area (Å²) in [4.78, 5) is 8.19. The summed E-state index contributed by atoms with van der Waals surface area (Å²) in [5.41, 5.74) is 4.19. The van der Waals surface area contributed by atoms with Crippen LogP contribution in [-0.4, -0.2) is 34.3 Å². The van der Waals surface area contributed by atoms with Crippen LogP contribution in [0, 0.1) is 12.7 Å². The summed E-state index contributed by atoms with van der Waals surface area (Å²) < 4.78 is 14.9. The Kier molecular flexibility index (Phi) is 6.14. The van der Waals surface area contributed by atoms with E-state index in [1.807, 2.05) is 37.3 Å². The van der Waals surface area contributed by atoms with Gasteiger partial charge in [0.1, 0.15) is 18.5 Å². The van der Waals surface area contributed by atoms with Crippen LogP contribution in [0.4, 0.5) is 4.39 Å². The molecule has 0 saturated heterocycles. The van der Waals surface area contributed by atoms with E-state index >= 15 is 0 Å². The molecule has 6 nitrogen and oxygen atoms in total. The highest BCUT2D eigenvalue weighted by Crippen LogP contribution is 2.10. The second kappa shape index (κ2) is 8.93. The Balaban J connectivity index is 1.47. The van der Waals surface area contributed by atoms with Crippen molar-refractivity contribution >= 4 is 5.96 Å². The van der Waals surface area contributed by atoms with Crippen molar-refractivity contribution in [2.24, 2.45) is 4.99 Å². The van der Waals surface area contributed by atoms with Crippen LogP contribution < -0.4 is 10.6 Å². The van der Waals surface area contributed by atoms with E-state index < -0.39 is 0 Å². The highest BCUT2D eigenvalue weighted by molar-refractivity contribution is 5.79. The van der Waals surface area contributed by atoms with Crippen LogP contribution in [0.1, 0.15) is 16.7 Å². The molecular weight excluding hydrogens is 343 g/mol. The van der Waals surface area contributed by atoms with Gasteiger partial charge in [-0.15, -0.1) is 0 Å². The zero-order chi connectivity index (χ0) is 19.1. The van der Waals surface area contributed by atoms with E-state index in [1.165, 1.54) is 12.4 Å². The van der Waals surface area contributed by atoms with Crippen molar-refractivity contribution in [3.05, 3.63) is 77.6 Å². The number of rotatable bonds is 6. The van der Waals surface area contributed by atoms with Crippen LogP contribution in [-0.2, 0) is 13.0 Å². The molecule has 3 rings (SSSR count). The van der Waals surface area contributed by atoms with Gasteiger partial charge < -0.3 is 10.6 Å². The standard InChI is InChI=1S/C20H23FN6/c1-15-11-18(21)6-5-17(15)9-10-24-20(22-2)25-12-16-3-7-19(8-4-16)27-14-23-13-26-27/h3-8,11,13-14H,9-10,12H2,1-2H3,(H2,22,24,25). The fraction of sp³-hybridized carbons (Fsp3) is 0.250. The minimum absolute atomic E-state index is 0.198. The molecule has 1 aromatic heterocycles. The summed E-state index contributed by atoms with van der Waals surface area (Å²) in [6.45, 7) is 3.30. The number of benzene rings is 2. The van der Waals surface area contributed by atoms with Crippen LogP contribution in [0.25, 0.3) is 5.69 Å². The van der Waals surface area contributed by atoms with Gasteiger partial charge in [0.25, 0.3) is 0 Å². The number of guanidine groups is 1. The van der Waals surface area contributed by atoms with Crippen LogP contribution in [0.15, 0.2) is 60.1 Å². The van der Waals surface area contributed by atoms with Gasteiger partial charge in [-0.1, -0.05) is 18.2 Å². The average Bonchev–Trinajstić information content (AvgIpc) is 3.21. The number of nitrogens with one attached hydrogen (secondary N) is 2. The smallest absolute Gasteiger partial charge is 0.191 e. The predicted molar refractivity (Wildman–Crippen MR) is 104 cm³/mol. The summed E-state index contributed by atoms with van der Waals surface area (Å²) in [5.74, 6) is 0.534. The normalized spacial score (nSPS) is 11.4. The maximum Gasteiger partial charge on any atom is 0.191 e. The van der Waals surface area contributed by atoms with Crippen molar-refractivity contribution in [2.45, 2.75) is 19.9 Å². The van der Waals surface area contributed by atoms with Crippen LogP contribution in [0.5, 0.6) is 0 Å². The zero-order valence-electron chi connectivity index (χ0n) is 15.5. The Labute approximate surface area is 158 Å². The third-order valence-corrected chi connectivity index (χ3v) is 4.29. The molecule has 140 valence electrons. The Morgan fingerprint density at radius 2 is 1.96 bits per heavy atom. The Morgan fingerprint density at radius 3 is 2.63 bits per heavy atom. The molecule has 0 aliphatic heterocycles. The molecule has 0 saturated carbocycles. The number of hydrogen-bond acceptors (Lipinski definition) is 3. The van der Waals surface area contributed by atoms with Crippen molar-refractivity contribution in [3.63, 3.8) is 0 Å². The molecule has 0 atom stereocenters. The van der Waals surface area contributed by atoms with Crippen molar-refractivity contribution in [2.75, 3.05) is 13.6 Å². The molecular formula is C20H23FN6. The molecule has 0 unspecified atom stereocenters. The van der Waals surface area contributed by atoms with Gasteiger partial charge in [0.05, 0.1) is 5.69 Å². The van der Waals surface area contributed by atoms with E-state index in [0.29, 0.717) is 6.54 Å². The lowest BCUT2D eigenvalue weighted by Crippen LogP contribution is -2.37. The van der Waals surface area contributed by atoms with Crippen molar-refractivity contribution in [3.8, 4) is 5.69 Å². The number of aliphatic imine (C=N–C) groups is 1. The summed E-state index contributed by atoms with van der Waals surface area (Å²) in [7, 11) is 1.74. The average molecular weight is 366 g/mol. The van der Waals surface area contributed by atoms with Crippen LogP contribution >= 0.6 is 0 Å². The Hall–Kier alpha value is -3.22. The number of halogens is 1. The molecule has 1 heterocycles. The number of aryl methyl sites for hydroxylation is 1. The maximum absolute atomic E-state index is 13.2. The van der Waals surface area contributed by atoms with Crippen molar-refractivity contribution < 1.29 is 4.39 Å². The first-order chi connectivity index (χ1) is 13.2. The Bertz CT molecular complexity index is 887. The lowest BCUT2D eigenvalue weighted by Gasteiger charge is -2.13. The van der Waals surface area contributed by atoms with E-state index in [-0.39, 0.29) is 5.82 Å². The third-order valence-electron chi connectivity index (χ3n) is 4.29. The van der Waals surface area contributed by atoms with Crippen molar-refractivity contribution in [1.29, 1.82) is 0 Å². The van der Waals surface area contributed by atoms with Gasteiger partial charge in [0.2, 0.25) is 0 Å². The van der Waals surface area contributed by atoms with Crippen molar-refractivity contribution in [1.82, 2.24) is 25.4 Å². The van der Waals surface area contributed by atoms with Gasteiger partial charge in [-0.05, 0) is 54.3 Å². The minimum atomic E-state index is -0.198. The van der Waals surface area contributed by atoms with E-state index in [1.54, 1.807) is 24.1 Å². The van der Waals surface area contributed by atoms with E-state index in [4.69, 9.17) is 0 Å².